The molecule has 0 saturated heterocycles. The van der Waals surface area contributed by atoms with E-state index in [1.54, 1.807) is 7.11 Å². The van der Waals surface area contributed by atoms with E-state index >= 15 is 0 Å². The van der Waals surface area contributed by atoms with Gasteiger partial charge in [0.25, 0.3) is 0 Å². The van der Waals surface area contributed by atoms with Crippen LogP contribution in [-0.2, 0) is 0 Å². The average molecular weight is 245 g/mol. The van der Waals surface area contributed by atoms with Crippen molar-refractivity contribution < 1.29 is 4.74 Å². The molecule has 1 aromatic carbocycles. The molecule has 3 N–H and O–H groups in total. The summed E-state index contributed by atoms with van der Waals surface area (Å²) < 4.78 is 6.05. The molecule has 0 fully saturated rings. The Hall–Kier alpha value is -0.740. The first-order valence-corrected chi connectivity index (χ1v) is 4.84. The second-order valence-corrected chi connectivity index (χ2v) is 3.42. The van der Waals surface area contributed by atoms with Gasteiger partial charge in [0.05, 0.1) is 11.6 Å². The molecule has 3 nitrogen and oxygen atoms in total. The van der Waals surface area contributed by atoms with E-state index in [9.17, 15) is 0 Å². The molecule has 0 aliphatic carbocycles. The Morgan fingerprint density at radius 3 is 2.85 bits per heavy atom. The molecular formula is C9H13BrN2O. The van der Waals surface area contributed by atoms with Crippen LogP contribution in [0.3, 0.4) is 0 Å². The Balaban J connectivity index is 2.71. The highest BCUT2D eigenvalue weighted by molar-refractivity contribution is 9.10. The molecule has 4 heteroatoms. The van der Waals surface area contributed by atoms with Gasteiger partial charge >= 0.3 is 0 Å². The van der Waals surface area contributed by atoms with Crippen LogP contribution >= 0.6 is 15.9 Å². The number of hydrogen-bond acceptors (Lipinski definition) is 3. The van der Waals surface area contributed by atoms with Crippen LogP contribution in [0, 0.1) is 0 Å². The van der Waals surface area contributed by atoms with Crippen molar-refractivity contribution in [1.29, 1.82) is 0 Å². The Bertz CT molecular complexity index is 278. The molecule has 0 spiro atoms. The summed E-state index contributed by atoms with van der Waals surface area (Å²) in [5, 5.41) is 3.18. The van der Waals surface area contributed by atoms with Crippen LogP contribution in [0.15, 0.2) is 22.7 Å². The van der Waals surface area contributed by atoms with Crippen molar-refractivity contribution in [3.05, 3.63) is 22.7 Å². The van der Waals surface area contributed by atoms with Gasteiger partial charge in [-0.15, -0.1) is 0 Å². The van der Waals surface area contributed by atoms with Crippen molar-refractivity contribution in [2.45, 2.75) is 0 Å². The van der Waals surface area contributed by atoms with Crippen LogP contribution in [0.2, 0.25) is 0 Å². The van der Waals surface area contributed by atoms with Crippen molar-refractivity contribution in [2.75, 3.05) is 25.5 Å². The van der Waals surface area contributed by atoms with E-state index in [1.807, 2.05) is 18.2 Å². The van der Waals surface area contributed by atoms with Gasteiger partial charge in [0.15, 0.2) is 0 Å². The van der Waals surface area contributed by atoms with Crippen LogP contribution in [0.25, 0.3) is 0 Å². The Morgan fingerprint density at radius 1 is 1.54 bits per heavy atom. The van der Waals surface area contributed by atoms with Crippen LogP contribution in [0.5, 0.6) is 5.75 Å². The largest absolute Gasteiger partial charge is 0.496 e. The van der Waals surface area contributed by atoms with Gasteiger partial charge in [-0.25, -0.2) is 0 Å². The molecule has 0 aromatic heterocycles. The fourth-order valence-electron chi connectivity index (χ4n) is 0.993. The number of anilines is 1. The molecule has 1 aromatic rings. The van der Waals surface area contributed by atoms with Crippen molar-refractivity contribution in [3.8, 4) is 5.75 Å². The van der Waals surface area contributed by atoms with E-state index in [-0.39, 0.29) is 0 Å². The predicted octanol–water partition coefficient (Wildman–Crippen LogP) is 1.83. The summed E-state index contributed by atoms with van der Waals surface area (Å²) in [5.41, 5.74) is 6.41. The first-order chi connectivity index (χ1) is 6.27. The number of benzene rings is 1. The van der Waals surface area contributed by atoms with Crippen molar-refractivity contribution in [3.63, 3.8) is 0 Å². The maximum Gasteiger partial charge on any atom is 0.133 e. The molecule has 0 unspecified atom stereocenters. The van der Waals surface area contributed by atoms with Crippen LogP contribution in [-0.4, -0.2) is 20.2 Å². The standard InChI is InChI=1S/C9H13BrN2O/c1-13-9-3-2-7(6-8(9)10)12-5-4-11/h2-3,6,12H,4-5,11H2,1H3. The second-order valence-electron chi connectivity index (χ2n) is 2.56. The van der Waals surface area contributed by atoms with Gasteiger partial charge in [-0.1, -0.05) is 0 Å². The summed E-state index contributed by atoms with van der Waals surface area (Å²) in [4.78, 5) is 0. The zero-order valence-electron chi connectivity index (χ0n) is 7.51. The molecule has 0 heterocycles. The highest BCUT2D eigenvalue weighted by Gasteiger charge is 1.99. The van der Waals surface area contributed by atoms with E-state index in [1.165, 1.54) is 0 Å². The SMILES string of the molecule is COc1ccc(NCCN)cc1Br. The lowest BCUT2D eigenvalue weighted by atomic mass is 10.3. The van der Waals surface area contributed by atoms with E-state index in [4.69, 9.17) is 10.5 Å². The first-order valence-electron chi connectivity index (χ1n) is 4.05. The van der Waals surface area contributed by atoms with Gasteiger partial charge in [0.1, 0.15) is 5.75 Å². The van der Waals surface area contributed by atoms with Crippen molar-refractivity contribution in [2.24, 2.45) is 5.73 Å². The monoisotopic (exact) mass is 244 g/mol. The van der Waals surface area contributed by atoms with Gasteiger partial charge in [-0.3, -0.25) is 0 Å². The summed E-state index contributed by atoms with van der Waals surface area (Å²) in [6.07, 6.45) is 0. The van der Waals surface area contributed by atoms with E-state index < -0.39 is 0 Å². The number of hydrogen-bond donors (Lipinski definition) is 2. The van der Waals surface area contributed by atoms with Crippen molar-refractivity contribution in [1.82, 2.24) is 0 Å². The lowest BCUT2D eigenvalue weighted by Crippen LogP contribution is -2.12. The maximum absolute atomic E-state index is 5.37. The minimum absolute atomic E-state index is 0.629. The Kier molecular flexibility index (Phi) is 4.05. The average Bonchev–Trinajstić information content (AvgIpc) is 2.15. The van der Waals surface area contributed by atoms with Crippen molar-refractivity contribution >= 4 is 21.6 Å². The summed E-state index contributed by atoms with van der Waals surface area (Å²) in [6, 6.07) is 5.83. The number of nitrogens with one attached hydrogen (secondary N) is 1. The van der Waals surface area contributed by atoms with E-state index in [0.29, 0.717) is 6.54 Å². The zero-order chi connectivity index (χ0) is 9.68. The normalized spacial score (nSPS) is 9.77. The fraction of sp³-hybridized carbons (Fsp3) is 0.333. The van der Waals surface area contributed by atoms with Crippen LogP contribution in [0.4, 0.5) is 5.69 Å². The summed E-state index contributed by atoms with van der Waals surface area (Å²) in [5.74, 6) is 0.832. The molecule has 0 radical (unpaired) electrons. The molecule has 72 valence electrons. The third-order valence-electron chi connectivity index (χ3n) is 1.63. The third kappa shape index (κ3) is 2.90. The number of methoxy groups -OCH3 is 1. The van der Waals surface area contributed by atoms with Crippen LogP contribution in [0.1, 0.15) is 0 Å². The quantitative estimate of drug-likeness (QED) is 0.850. The lowest BCUT2D eigenvalue weighted by Gasteiger charge is -2.07. The minimum atomic E-state index is 0.629. The zero-order valence-corrected chi connectivity index (χ0v) is 9.10. The van der Waals surface area contributed by atoms with Gasteiger partial charge in [-0.05, 0) is 34.1 Å². The molecular weight excluding hydrogens is 232 g/mol. The summed E-state index contributed by atoms with van der Waals surface area (Å²) in [7, 11) is 1.65. The maximum atomic E-state index is 5.37. The third-order valence-corrected chi connectivity index (χ3v) is 2.24. The molecule has 0 saturated carbocycles. The number of nitrogens with two attached hydrogens (primary N) is 1. The highest BCUT2D eigenvalue weighted by atomic mass is 79.9. The summed E-state index contributed by atoms with van der Waals surface area (Å²) >= 11 is 3.40. The second kappa shape index (κ2) is 5.09. The molecule has 0 amide bonds. The van der Waals surface area contributed by atoms with Gasteiger partial charge in [0.2, 0.25) is 0 Å². The lowest BCUT2D eigenvalue weighted by molar-refractivity contribution is 0.412. The van der Waals surface area contributed by atoms with Crippen LogP contribution < -0.4 is 15.8 Å². The first kappa shape index (κ1) is 10.3. The van der Waals surface area contributed by atoms with Gasteiger partial charge < -0.3 is 15.8 Å². The minimum Gasteiger partial charge on any atom is -0.496 e. The van der Waals surface area contributed by atoms with Gasteiger partial charge in [0, 0.05) is 18.8 Å². The predicted molar refractivity (Wildman–Crippen MR) is 58.2 cm³/mol. The molecule has 0 bridgehead atoms. The highest BCUT2D eigenvalue weighted by Crippen LogP contribution is 2.27. The number of rotatable bonds is 4. The smallest absolute Gasteiger partial charge is 0.133 e. The fourth-order valence-corrected chi connectivity index (χ4v) is 1.53. The van der Waals surface area contributed by atoms with E-state index in [0.717, 1.165) is 22.5 Å². The number of ether oxygens (including phenoxy) is 1. The molecule has 13 heavy (non-hydrogen) atoms. The molecule has 0 aliphatic heterocycles. The molecule has 0 atom stereocenters. The number of halogens is 1. The van der Waals surface area contributed by atoms with Gasteiger partial charge in [-0.2, -0.15) is 0 Å². The summed E-state index contributed by atoms with van der Waals surface area (Å²) in [6.45, 7) is 1.41. The topological polar surface area (TPSA) is 47.3 Å². The Labute approximate surface area is 86.4 Å². The molecule has 0 aliphatic rings. The van der Waals surface area contributed by atoms with E-state index in [2.05, 4.69) is 21.2 Å². The molecule has 1 rings (SSSR count). The Morgan fingerprint density at radius 2 is 2.31 bits per heavy atom.